The number of rotatable bonds is 4. The van der Waals surface area contributed by atoms with Crippen LogP contribution in [0.5, 0.6) is 0 Å². The van der Waals surface area contributed by atoms with Crippen molar-refractivity contribution in [2.24, 2.45) is 0 Å². The summed E-state index contributed by atoms with van der Waals surface area (Å²) in [7, 11) is 0. The molecule has 0 spiro atoms. The first kappa shape index (κ1) is 20.8. The summed E-state index contributed by atoms with van der Waals surface area (Å²) < 4.78 is 7.10. The first-order valence-corrected chi connectivity index (χ1v) is 10.8. The molecule has 10 heteroatoms. The van der Waals surface area contributed by atoms with Crippen molar-refractivity contribution in [3.8, 4) is 11.3 Å². The molecule has 1 aromatic heterocycles. The average molecular weight is 522 g/mol. The van der Waals surface area contributed by atoms with Gasteiger partial charge in [0.1, 0.15) is 16.5 Å². The minimum Gasteiger partial charge on any atom is -0.457 e. The molecule has 0 N–H and O–H groups in total. The van der Waals surface area contributed by atoms with Crippen molar-refractivity contribution < 1.29 is 14.1 Å². The summed E-state index contributed by atoms with van der Waals surface area (Å²) in [6.07, 6.45) is 1.60. The SMILES string of the molecule is O=C1/C(=C\c2ccc(-c3ccc(Cl)c([N+](=O)[O-])c3)o2)SC(=S)N1c1ccc(Br)cc1. The van der Waals surface area contributed by atoms with Crippen molar-refractivity contribution in [3.05, 3.63) is 84.9 Å². The van der Waals surface area contributed by atoms with Crippen LogP contribution < -0.4 is 4.90 Å². The molecular weight excluding hydrogens is 512 g/mol. The Bertz CT molecular complexity index is 1220. The molecule has 2 heterocycles. The van der Waals surface area contributed by atoms with Gasteiger partial charge >= 0.3 is 0 Å². The lowest BCUT2D eigenvalue weighted by atomic mass is 10.1. The molecule has 0 aliphatic carbocycles. The number of halogens is 2. The van der Waals surface area contributed by atoms with E-state index < -0.39 is 4.92 Å². The Balaban J connectivity index is 1.61. The highest BCUT2D eigenvalue weighted by atomic mass is 79.9. The van der Waals surface area contributed by atoms with Gasteiger partial charge in [0, 0.05) is 22.2 Å². The number of thiocarbonyl (C=S) groups is 1. The molecule has 0 radical (unpaired) electrons. The van der Waals surface area contributed by atoms with E-state index in [0.717, 1.165) is 4.47 Å². The number of nitro groups is 1. The Kier molecular flexibility index (Phi) is 5.79. The number of carbonyl (C=O) groups is 1. The maximum atomic E-state index is 12.8. The highest BCUT2D eigenvalue weighted by molar-refractivity contribution is 9.10. The van der Waals surface area contributed by atoms with Crippen molar-refractivity contribution >= 4 is 79.2 Å². The van der Waals surface area contributed by atoms with E-state index >= 15 is 0 Å². The summed E-state index contributed by atoms with van der Waals surface area (Å²) in [5, 5.41) is 11.1. The summed E-state index contributed by atoms with van der Waals surface area (Å²) in [5.74, 6) is 0.607. The molecule has 0 saturated carbocycles. The molecule has 2 aromatic carbocycles. The average Bonchev–Trinajstić information content (AvgIpc) is 3.28. The Morgan fingerprint density at radius 3 is 2.60 bits per heavy atom. The van der Waals surface area contributed by atoms with Gasteiger partial charge in [-0.25, -0.2) is 0 Å². The summed E-state index contributed by atoms with van der Waals surface area (Å²) in [6.45, 7) is 0. The Labute approximate surface area is 193 Å². The number of furan rings is 1. The minimum atomic E-state index is -0.552. The molecule has 1 saturated heterocycles. The molecule has 150 valence electrons. The predicted octanol–water partition coefficient (Wildman–Crippen LogP) is 6.68. The van der Waals surface area contributed by atoms with Crippen LogP contribution in [-0.2, 0) is 4.79 Å². The second kappa shape index (κ2) is 8.35. The van der Waals surface area contributed by atoms with Crippen LogP contribution in [0.2, 0.25) is 5.02 Å². The van der Waals surface area contributed by atoms with Gasteiger partial charge in [0.15, 0.2) is 4.32 Å². The Morgan fingerprint density at radius 2 is 1.90 bits per heavy atom. The molecule has 0 bridgehead atoms. The highest BCUT2D eigenvalue weighted by Gasteiger charge is 2.33. The van der Waals surface area contributed by atoms with Gasteiger partial charge in [0.05, 0.1) is 15.5 Å². The van der Waals surface area contributed by atoms with Crippen molar-refractivity contribution in [3.63, 3.8) is 0 Å². The second-order valence-electron chi connectivity index (χ2n) is 6.12. The number of benzene rings is 2. The van der Waals surface area contributed by atoms with E-state index in [-0.39, 0.29) is 16.6 Å². The van der Waals surface area contributed by atoms with Gasteiger partial charge in [0.25, 0.3) is 11.6 Å². The van der Waals surface area contributed by atoms with E-state index in [2.05, 4.69) is 15.9 Å². The molecule has 0 atom stereocenters. The molecule has 1 fully saturated rings. The molecular formula is C20H10BrClN2O4S2. The molecule has 1 aliphatic rings. The first-order valence-electron chi connectivity index (χ1n) is 8.41. The minimum absolute atomic E-state index is 0.0483. The summed E-state index contributed by atoms with van der Waals surface area (Å²) in [4.78, 5) is 25.3. The summed E-state index contributed by atoms with van der Waals surface area (Å²) >= 11 is 15.8. The summed E-state index contributed by atoms with van der Waals surface area (Å²) in [5.41, 5.74) is 0.980. The predicted molar refractivity (Wildman–Crippen MR) is 126 cm³/mol. The summed E-state index contributed by atoms with van der Waals surface area (Å²) in [6, 6.07) is 15.1. The zero-order valence-corrected chi connectivity index (χ0v) is 18.8. The van der Waals surface area contributed by atoms with Crippen LogP contribution in [0.1, 0.15) is 5.76 Å². The lowest BCUT2D eigenvalue weighted by Gasteiger charge is -2.14. The third-order valence-corrected chi connectivity index (χ3v) is 6.36. The van der Waals surface area contributed by atoms with Gasteiger partial charge in [-0.3, -0.25) is 19.8 Å². The molecule has 6 nitrogen and oxygen atoms in total. The fourth-order valence-corrected chi connectivity index (χ4v) is 4.53. The second-order valence-corrected chi connectivity index (χ2v) is 9.12. The van der Waals surface area contributed by atoms with E-state index in [1.807, 2.05) is 12.1 Å². The Hall–Kier alpha value is -2.46. The van der Waals surface area contributed by atoms with Crippen molar-refractivity contribution in [2.45, 2.75) is 0 Å². The molecule has 1 amide bonds. The zero-order chi connectivity index (χ0) is 21.4. The first-order chi connectivity index (χ1) is 14.3. The van der Waals surface area contributed by atoms with Gasteiger partial charge in [-0.05, 0) is 48.5 Å². The normalized spacial score (nSPS) is 15.3. The van der Waals surface area contributed by atoms with Crippen LogP contribution in [-0.4, -0.2) is 15.2 Å². The van der Waals surface area contributed by atoms with Crippen LogP contribution in [0, 0.1) is 10.1 Å². The molecule has 4 rings (SSSR count). The van der Waals surface area contributed by atoms with Crippen molar-refractivity contribution in [2.75, 3.05) is 4.90 Å². The maximum Gasteiger partial charge on any atom is 0.288 e. The van der Waals surface area contributed by atoms with E-state index in [9.17, 15) is 14.9 Å². The number of anilines is 1. The molecule has 0 unspecified atom stereocenters. The van der Waals surface area contributed by atoms with Crippen LogP contribution in [0.25, 0.3) is 17.4 Å². The van der Waals surface area contributed by atoms with Crippen LogP contribution in [0.4, 0.5) is 11.4 Å². The van der Waals surface area contributed by atoms with E-state index in [4.69, 9.17) is 28.2 Å². The number of thioether (sulfide) groups is 1. The quantitative estimate of drug-likeness (QED) is 0.165. The lowest BCUT2D eigenvalue weighted by molar-refractivity contribution is -0.384. The maximum absolute atomic E-state index is 12.8. The smallest absolute Gasteiger partial charge is 0.288 e. The van der Waals surface area contributed by atoms with Crippen LogP contribution >= 0.6 is 51.5 Å². The van der Waals surface area contributed by atoms with Gasteiger partial charge in [-0.1, -0.05) is 51.5 Å². The number of nitro benzene ring substituents is 1. The largest absolute Gasteiger partial charge is 0.457 e. The number of carbonyl (C=O) groups excluding carboxylic acids is 1. The van der Waals surface area contributed by atoms with Crippen molar-refractivity contribution in [1.82, 2.24) is 0 Å². The number of hydrogen-bond donors (Lipinski definition) is 0. The standard InChI is InChI=1S/C20H10BrClN2O4S2/c21-12-2-4-13(5-3-12)23-19(25)18(30-20(23)29)10-14-6-8-17(28-14)11-1-7-15(22)16(9-11)24(26)27/h1-10H/b18-10+. The molecule has 30 heavy (non-hydrogen) atoms. The topological polar surface area (TPSA) is 76.6 Å². The van der Waals surface area contributed by atoms with E-state index in [1.54, 1.807) is 36.4 Å². The molecule has 1 aliphatic heterocycles. The monoisotopic (exact) mass is 520 g/mol. The third-order valence-electron chi connectivity index (χ3n) is 4.21. The Morgan fingerprint density at radius 1 is 1.17 bits per heavy atom. The highest BCUT2D eigenvalue weighted by Crippen LogP contribution is 2.37. The third kappa shape index (κ3) is 4.06. The van der Waals surface area contributed by atoms with Crippen molar-refractivity contribution in [1.29, 1.82) is 0 Å². The van der Waals surface area contributed by atoms with Gasteiger partial charge in [-0.2, -0.15) is 0 Å². The number of amides is 1. The van der Waals surface area contributed by atoms with Crippen LogP contribution in [0.15, 0.2) is 68.4 Å². The van der Waals surface area contributed by atoms with Crippen LogP contribution in [0.3, 0.4) is 0 Å². The van der Waals surface area contributed by atoms with E-state index in [1.165, 1.54) is 28.8 Å². The lowest BCUT2D eigenvalue weighted by Crippen LogP contribution is -2.27. The van der Waals surface area contributed by atoms with Gasteiger partial charge in [-0.15, -0.1) is 0 Å². The number of nitrogens with zero attached hydrogens (tertiary/aromatic N) is 2. The zero-order valence-electron chi connectivity index (χ0n) is 14.9. The number of hydrogen-bond acceptors (Lipinski definition) is 6. The van der Waals surface area contributed by atoms with Gasteiger partial charge < -0.3 is 4.42 Å². The van der Waals surface area contributed by atoms with E-state index in [0.29, 0.717) is 32.0 Å². The molecule has 3 aromatic rings. The van der Waals surface area contributed by atoms with Gasteiger partial charge in [0.2, 0.25) is 0 Å². The fraction of sp³-hybridized carbons (Fsp3) is 0. The fourth-order valence-electron chi connectivity index (χ4n) is 2.80.